The Morgan fingerprint density at radius 3 is 2.61 bits per heavy atom. The van der Waals surface area contributed by atoms with Crippen LogP contribution in [-0.4, -0.2) is 27.1 Å². The first kappa shape index (κ1) is 12.7. The molecular formula is C13H14N2O2S. The number of aryl methyl sites for hydroxylation is 1. The first-order valence-corrected chi connectivity index (χ1v) is 6.71. The van der Waals surface area contributed by atoms with Crippen LogP contribution < -0.4 is 0 Å². The smallest absolute Gasteiger partial charge is 0.309 e. The van der Waals surface area contributed by atoms with E-state index in [0.717, 1.165) is 11.1 Å². The van der Waals surface area contributed by atoms with Crippen molar-refractivity contribution in [2.45, 2.75) is 11.3 Å². The second kappa shape index (κ2) is 5.27. The number of benzene rings is 1. The zero-order valence-corrected chi connectivity index (χ0v) is 11.1. The highest BCUT2D eigenvalue weighted by atomic mass is 32.2. The topological polar surface area (TPSA) is 55.1 Å². The normalized spacial score (nSPS) is 10.6. The van der Waals surface area contributed by atoms with E-state index in [1.54, 1.807) is 23.5 Å². The Morgan fingerprint density at radius 1 is 1.39 bits per heavy atom. The predicted octanol–water partition coefficient (Wildman–Crippen LogP) is 2.44. The van der Waals surface area contributed by atoms with E-state index in [1.165, 1.54) is 4.90 Å². The van der Waals surface area contributed by atoms with Gasteiger partial charge in [0.1, 0.15) is 0 Å². The molecule has 1 aromatic heterocycles. The molecule has 0 bridgehead atoms. The average molecular weight is 262 g/mol. The third-order valence-corrected chi connectivity index (χ3v) is 3.37. The van der Waals surface area contributed by atoms with Gasteiger partial charge >= 0.3 is 5.97 Å². The molecule has 0 aliphatic carbocycles. The Bertz CT molecular complexity index is 561. The Hall–Kier alpha value is -1.75. The van der Waals surface area contributed by atoms with Crippen LogP contribution in [0.3, 0.4) is 0 Å². The van der Waals surface area contributed by atoms with E-state index in [2.05, 4.69) is 5.10 Å². The number of rotatable bonds is 4. The summed E-state index contributed by atoms with van der Waals surface area (Å²) < 4.78 is 1.65. The highest BCUT2D eigenvalue weighted by Crippen LogP contribution is 2.25. The van der Waals surface area contributed by atoms with Gasteiger partial charge in [-0.1, -0.05) is 12.1 Å². The highest BCUT2D eigenvalue weighted by Gasteiger charge is 2.12. The van der Waals surface area contributed by atoms with Crippen LogP contribution in [0.25, 0.3) is 11.1 Å². The van der Waals surface area contributed by atoms with Crippen molar-refractivity contribution in [2.75, 3.05) is 6.26 Å². The second-order valence-corrected chi connectivity index (χ2v) is 4.84. The lowest BCUT2D eigenvalue weighted by Gasteiger charge is -2.02. The summed E-state index contributed by atoms with van der Waals surface area (Å²) in [6.45, 7) is 0. The molecule has 2 rings (SSSR count). The number of aromatic nitrogens is 2. The third-order valence-electron chi connectivity index (χ3n) is 2.62. The molecule has 4 nitrogen and oxygen atoms in total. The lowest BCUT2D eigenvalue weighted by Crippen LogP contribution is -2.02. The first-order valence-electron chi connectivity index (χ1n) is 5.49. The molecule has 0 aliphatic heterocycles. The van der Waals surface area contributed by atoms with Crippen molar-refractivity contribution in [1.29, 1.82) is 0 Å². The van der Waals surface area contributed by atoms with Gasteiger partial charge in [0.05, 0.1) is 12.1 Å². The summed E-state index contributed by atoms with van der Waals surface area (Å²) in [6.07, 6.45) is 3.82. The molecule has 0 saturated carbocycles. The molecule has 0 aliphatic rings. The standard InChI is InChI=1S/C13H14N2O2S/c1-15-8-11(12(14-15)7-13(16)17)9-3-5-10(18-2)6-4-9/h3-6,8H,7H2,1-2H3,(H,16,17). The Balaban J connectivity index is 2.39. The fourth-order valence-electron chi connectivity index (χ4n) is 1.82. The van der Waals surface area contributed by atoms with Crippen molar-refractivity contribution in [3.05, 3.63) is 36.2 Å². The molecule has 5 heteroatoms. The van der Waals surface area contributed by atoms with E-state index in [9.17, 15) is 4.79 Å². The van der Waals surface area contributed by atoms with Crippen LogP contribution in [0.2, 0.25) is 0 Å². The van der Waals surface area contributed by atoms with E-state index in [-0.39, 0.29) is 6.42 Å². The number of carbonyl (C=O) groups is 1. The number of aliphatic carboxylic acids is 1. The average Bonchev–Trinajstić information content (AvgIpc) is 2.69. The number of thioether (sulfide) groups is 1. The summed E-state index contributed by atoms with van der Waals surface area (Å²) >= 11 is 1.68. The van der Waals surface area contributed by atoms with Crippen molar-refractivity contribution in [1.82, 2.24) is 9.78 Å². The van der Waals surface area contributed by atoms with Crippen molar-refractivity contribution < 1.29 is 9.90 Å². The molecule has 94 valence electrons. The van der Waals surface area contributed by atoms with Crippen LogP contribution in [0.1, 0.15) is 5.69 Å². The van der Waals surface area contributed by atoms with Gasteiger partial charge in [-0.2, -0.15) is 5.10 Å². The van der Waals surface area contributed by atoms with Crippen LogP contribution >= 0.6 is 11.8 Å². The second-order valence-electron chi connectivity index (χ2n) is 3.96. The van der Waals surface area contributed by atoms with Crippen molar-refractivity contribution in [3.63, 3.8) is 0 Å². The Kier molecular flexibility index (Phi) is 3.72. The van der Waals surface area contributed by atoms with Crippen LogP contribution in [-0.2, 0) is 18.3 Å². The van der Waals surface area contributed by atoms with E-state index in [1.807, 2.05) is 36.7 Å². The molecule has 0 atom stereocenters. The minimum absolute atomic E-state index is 0.0551. The van der Waals surface area contributed by atoms with Crippen LogP contribution in [0.15, 0.2) is 35.4 Å². The van der Waals surface area contributed by atoms with E-state index >= 15 is 0 Å². The number of carboxylic acid groups (broad SMARTS) is 1. The highest BCUT2D eigenvalue weighted by molar-refractivity contribution is 7.98. The summed E-state index contributed by atoms with van der Waals surface area (Å²) in [5.74, 6) is -0.865. The molecule has 0 spiro atoms. The minimum atomic E-state index is -0.865. The summed E-state index contributed by atoms with van der Waals surface area (Å²) in [4.78, 5) is 12.0. The first-order chi connectivity index (χ1) is 8.60. The number of hydrogen-bond donors (Lipinski definition) is 1. The van der Waals surface area contributed by atoms with Crippen molar-refractivity contribution >= 4 is 17.7 Å². The van der Waals surface area contributed by atoms with Gasteiger partial charge in [0, 0.05) is 23.7 Å². The van der Waals surface area contributed by atoms with Crippen LogP contribution in [0.4, 0.5) is 0 Å². The molecule has 18 heavy (non-hydrogen) atoms. The van der Waals surface area contributed by atoms with Crippen molar-refractivity contribution in [2.24, 2.45) is 7.05 Å². The van der Waals surface area contributed by atoms with Crippen LogP contribution in [0.5, 0.6) is 0 Å². The summed E-state index contributed by atoms with van der Waals surface area (Å²) in [5, 5.41) is 13.1. The van der Waals surface area contributed by atoms with Gasteiger partial charge in [-0.3, -0.25) is 9.48 Å². The molecule has 1 N–H and O–H groups in total. The van der Waals surface area contributed by atoms with Crippen LogP contribution in [0, 0.1) is 0 Å². The quantitative estimate of drug-likeness (QED) is 0.860. The third kappa shape index (κ3) is 2.73. The molecule has 2 aromatic rings. The van der Waals surface area contributed by atoms with Gasteiger partial charge in [0.2, 0.25) is 0 Å². The maximum absolute atomic E-state index is 10.8. The summed E-state index contributed by atoms with van der Waals surface area (Å²) in [7, 11) is 1.80. The molecule has 0 unspecified atom stereocenters. The number of hydrogen-bond acceptors (Lipinski definition) is 3. The van der Waals surface area contributed by atoms with Gasteiger partial charge in [0.15, 0.2) is 0 Å². The molecule has 0 radical (unpaired) electrons. The number of nitrogens with zero attached hydrogens (tertiary/aromatic N) is 2. The molecule has 1 heterocycles. The molecule has 0 amide bonds. The van der Waals surface area contributed by atoms with Gasteiger partial charge in [-0.05, 0) is 24.0 Å². The molecular weight excluding hydrogens is 248 g/mol. The SMILES string of the molecule is CSc1ccc(-c2cn(C)nc2CC(=O)O)cc1. The zero-order valence-electron chi connectivity index (χ0n) is 10.3. The molecule has 0 saturated heterocycles. The molecule has 1 aromatic carbocycles. The largest absolute Gasteiger partial charge is 0.481 e. The lowest BCUT2D eigenvalue weighted by atomic mass is 10.1. The van der Waals surface area contributed by atoms with Gasteiger partial charge in [-0.25, -0.2) is 0 Å². The zero-order chi connectivity index (χ0) is 13.1. The predicted molar refractivity (Wildman–Crippen MR) is 71.8 cm³/mol. The summed E-state index contributed by atoms with van der Waals surface area (Å²) in [6, 6.07) is 8.04. The molecule has 0 fully saturated rings. The monoisotopic (exact) mass is 262 g/mol. The Labute approximate surface area is 110 Å². The summed E-state index contributed by atoms with van der Waals surface area (Å²) in [5.41, 5.74) is 2.48. The maximum atomic E-state index is 10.8. The van der Waals surface area contributed by atoms with Gasteiger partial charge in [-0.15, -0.1) is 11.8 Å². The number of carboxylic acids is 1. The fourth-order valence-corrected chi connectivity index (χ4v) is 2.23. The fraction of sp³-hybridized carbons (Fsp3) is 0.231. The minimum Gasteiger partial charge on any atom is -0.481 e. The van der Waals surface area contributed by atoms with E-state index in [4.69, 9.17) is 5.11 Å². The Morgan fingerprint density at radius 2 is 2.06 bits per heavy atom. The van der Waals surface area contributed by atoms with E-state index < -0.39 is 5.97 Å². The lowest BCUT2D eigenvalue weighted by molar-refractivity contribution is -0.136. The van der Waals surface area contributed by atoms with Crippen molar-refractivity contribution in [3.8, 4) is 11.1 Å². The maximum Gasteiger partial charge on any atom is 0.309 e. The van der Waals surface area contributed by atoms with Gasteiger partial charge in [0.25, 0.3) is 0 Å². The van der Waals surface area contributed by atoms with E-state index in [0.29, 0.717) is 5.69 Å². The van der Waals surface area contributed by atoms with Gasteiger partial charge < -0.3 is 5.11 Å².